The second-order valence-corrected chi connectivity index (χ2v) is 19.9. The predicted molar refractivity (Wildman–Crippen MR) is 200 cm³/mol. The first kappa shape index (κ1) is 40.1. The zero-order valence-corrected chi connectivity index (χ0v) is 33.7. The summed E-state index contributed by atoms with van der Waals surface area (Å²) in [5.74, 6) is -9.22. The molecule has 0 aliphatic carbocycles. The van der Waals surface area contributed by atoms with E-state index in [4.69, 9.17) is 21.4 Å². The van der Waals surface area contributed by atoms with Gasteiger partial charge in [0.1, 0.15) is 22.6 Å². The van der Waals surface area contributed by atoms with Gasteiger partial charge in [0.25, 0.3) is 11.9 Å². The van der Waals surface area contributed by atoms with Gasteiger partial charge < -0.3 is 18.6 Å². The summed E-state index contributed by atoms with van der Waals surface area (Å²) < 4.78 is 119. The standard InChI is InChI=1S/C39H49F5N4O6Si/c1-11-55(12-2,13-3)54-38(10,26-14-16-27(40)17-15-26)39(43,44)21-23-51-32-29(41)19-18-28(31(32)42)25-20-22-47-30(24-25)45-33(46-47)48(34(49)52-36(4,5)6)35(50)53-37(7,8)9/h14-20,22,24H,11-13,21,23H2,1-10H3/i23D2. The van der Waals surface area contributed by atoms with Crippen LogP contribution in [-0.2, 0) is 19.5 Å². The number of carbonyl (C=O) groups excluding carboxylic acids is 2. The summed E-state index contributed by atoms with van der Waals surface area (Å²) in [5, 5.41) is 4.18. The molecule has 0 N–H and O–H groups in total. The molecule has 1 unspecified atom stereocenters. The number of pyridine rings is 1. The van der Waals surface area contributed by atoms with E-state index in [1.165, 1.54) is 18.3 Å². The fraction of sp³-hybridized carbons (Fsp3) is 0.487. The zero-order chi connectivity index (χ0) is 42.9. The van der Waals surface area contributed by atoms with Crippen molar-refractivity contribution >= 4 is 32.1 Å². The van der Waals surface area contributed by atoms with Crippen LogP contribution in [-0.4, -0.2) is 58.8 Å². The van der Waals surface area contributed by atoms with E-state index < -0.39 is 85.4 Å². The van der Waals surface area contributed by atoms with E-state index >= 15 is 17.6 Å². The third-order valence-electron chi connectivity index (χ3n) is 8.95. The Bertz CT molecular complexity index is 2050. The second-order valence-electron chi connectivity index (χ2n) is 15.2. The number of amides is 2. The Morgan fingerprint density at radius 3 is 1.95 bits per heavy atom. The van der Waals surface area contributed by atoms with Crippen LogP contribution < -0.4 is 9.64 Å². The van der Waals surface area contributed by atoms with Gasteiger partial charge in [-0.15, -0.1) is 10.00 Å². The number of nitrogens with zero attached hydrogens (tertiary/aromatic N) is 4. The lowest BCUT2D eigenvalue weighted by atomic mass is 9.87. The molecule has 0 saturated heterocycles. The SMILES string of the molecule is [2H]C([2H])(CC(F)(F)C(C)(O[Si](CC)(CC)CC)c1ccc(F)cc1)Oc1c(F)ccc(-c2ccn3nc(N(C(=O)OC(C)(C)C)C(=O)OC(C)(C)C)nc3c2)c1F. The highest BCUT2D eigenvalue weighted by atomic mass is 28.4. The highest BCUT2D eigenvalue weighted by Crippen LogP contribution is 2.47. The van der Waals surface area contributed by atoms with Crippen LogP contribution in [0.25, 0.3) is 16.8 Å². The van der Waals surface area contributed by atoms with Gasteiger partial charge >= 0.3 is 12.2 Å². The number of benzene rings is 2. The summed E-state index contributed by atoms with van der Waals surface area (Å²) in [6.07, 6.45) is -2.66. The predicted octanol–water partition coefficient (Wildman–Crippen LogP) is 10.8. The van der Waals surface area contributed by atoms with Crippen molar-refractivity contribution in [2.24, 2.45) is 0 Å². The summed E-state index contributed by atoms with van der Waals surface area (Å²) in [4.78, 5) is 31.0. The monoisotopic (exact) mass is 794 g/mol. The lowest BCUT2D eigenvalue weighted by Crippen LogP contribution is -2.53. The maximum absolute atomic E-state index is 16.6. The molecule has 4 aromatic rings. The Morgan fingerprint density at radius 1 is 0.855 bits per heavy atom. The van der Waals surface area contributed by atoms with Gasteiger partial charge in [0.2, 0.25) is 0 Å². The Morgan fingerprint density at radius 2 is 1.42 bits per heavy atom. The molecular weight excluding hydrogens is 744 g/mol. The number of anilines is 1. The van der Waals surface area contributed by atoms with Crippen molar-refractivity contribution in [2.75, 3.05) is 11.5 Å². The first-order valence-electron chi connectivity index (χ1n) is 18.8. The smallest absolute Gasteiger partial charge is 0.427 e. The minimum atomic E-state index is -4.06. The Labute approximate surface area is 321 Å². The van der Waals surface area contributed by atoms with E-state index in [2.05, 4.69) is 10.1 Å². The third-order valence-corrected chi connectivity index (χ3v) is 13.7. The molecule has 16 heteroatoms. The Hall–Kier alpha value is -4.57. The number of halogens is 5. The molecule has 2 amide bonds. The molecule has 10 nitrogen and oxygen atoms in total. The van der Waals surface area contributed by atoms with Gasteiger partial charge in [0.15, 0.2) is 31.3 Å². The summed E-state index contributed by atoms with van der Waals surface area (Å²) in [5.41, 5.74) is -4.93. The average molecular weight is 795 g/mol. The number of imide groups is 1. The van der Waals surface area contributed by atoms with Gasteiger partial charge in [-0.3, -0.25) is 0 Å². The largest absolute Gasteiger partial charge is 0.487 e. The number of carbonyl (C=O) groups is 2. The molecule has 2 heterocycles. The fourth-order valence-electron chi connectivity index (χ4n) is 5.71. The molecule has 2 aromatic carbocycles. The van der Waals surface area contributed by atoms with E-state index in [1.807, 2.05) is 20.8 Å². The molecule has 0 fully saturated rings. The number of aromatic nitrogens is 3. The minimum Gasteiger partial charge on any atom is -0.487 e. The van der Waals surface area contributed by atoms with Crippen LogP contribution in [0.1, 0.15) is 84.0 Å². The second kappa shape index (κ2) is 16.3. The maximum atomic E-state index is 16.6. The van der Waals surface area contributed by atoms with Crippen LogP contribution in [0.2, 0.25) is 18.1 Å². The Kier molecular flexibility index (Phi) is 11.9. The van der Waals surface area contributed by atoms with Gasteiger partial charge in [0, 0.05) is 18.2 Å². The number of fused-ring (bicyclic) bond motifs is 1. The molecule has 2 aromatic heterocycles. The number of hydrogen-bond acceptors (Lipinski definition) is 8. The quantitative estimate of drug-likeness (QED) is 0.0973. The number of alkyl halides is 2. The molecular formula is C39H49F5N4O6Si. The van der Waals surface area contributed by atoms with Gasteiger partial charge in [-0.05, 0) is 114 Å². The molecule has 0 aliphatic rings. The van der Waals surface area contributed by atoms with Crippen molar-refractivity contribution in [3.05, 3.63) is 77.7 Å². The van der Waals surface area contributed by atoms with Crippen molar-refractivity contribution in [1.82, 2.24) is 14.6 Å². The van der Waals surface area contributed by atoms with Gasteiger partial charge in [-0.1, -0.05) is 32.9 Å². The van der Waals surface area contributed by atoms with Crippen molar-refractivity contribution in [3.8, 4) is 16.9 Å². The lowest BCUT2D eigenvalue weighted by molar-refractivity contribution is -0.175. The van der Waals surface area contributed by atoms with Crippen LogP contribution in [0.5, 0.6) is 5.75 Å². The molecule has 4 rings (SSSR count). The maximum Gasteiger partial charge on any atom is 0.427 e. The van der Waals surface area contributed by atoms with Crippen molar-refractivity contribution in [2.45, 2.75) is 117 Å². The fourth-order valence-corrected chi connectivity index (χ4v) is 8.78. The van der Waals surface area contributed by atoms with Crippen LogP contribution in [0.15, 0.2) is 54.7 Å². The number of hydrogen-bond donors (Lipinski definition) is 0. The first-order chi connectivity index (χ1) is 26.2. The highest BCUT2D eigenvalue weighted by Gasteiger charge is 2.55. The van der Waals surface area contributed by atoms with Crippen molar-refractivity contribution in [3.63, 3.8) is 0 Å². The van der Waals surface area contributed by atoms with E-state index in [1.54, 1.807) is 41.5 Å². The van der Waals surface area contributed by atoms with Crippen molar-refractivity contribution < 1.29 is 52.9 Å². The molecule has 300 valence electrons. The van der Waals surface area contributed by atoms with Crippen molar-refractivity contribution in [1.29, 1.82) is 0 Å². The summed E-state index contributed by atoms with van der Waals surface area (Å²) in [6, 6.07) is 10.1. The molecule has 0 bridgehead atoms. The molecule has 1 atom stereocenters. The van der Waals surface area contributed by atoms with E-state index in [9.17, 15) is 14.0 Å². The average Bonchev–Trinajstić information content (AvgIpc) is 3.50. The molecule has 0 aliphatic heterocycles. The zero-order valence-electron chi connectivity index (χ0n) is 34.7. The van der Waals surface area contributed by atoms with Crippen LogP contribution >= 0.6 is 0 Å². The topological polar surface area (TPSA) is 104 Å². The number of ether oxygens (including phenoxy) is 3. The molecule has 0 radical (unpaired) electrons. The van der Waals surface area contributed by atoms with Gasteiger partial charge in [-0.2, -0.15) is 4.98 Å². The van der Waals surface area contributed by atoms with E-state index in [-0.39, 0.29) is 22.3 Å². The molecule has 0 saturated carbocycles. The summed E-state index contributed by atoms with van der Waals surface area (Å²) >= 11 is 0. The molecule has 55 heavy (non-hydrogen) atoms. The minimum absolute atomic E-state index is 0.0216. The highest BCUT2D eigenvalue weighted by molar-refractivity contribution is 6.73. The van der Waals surface area contributed by atoms with Crippen LogP contribution in [0, 0.1) is 17.5 Å². The summed E-state index contributed by atoms with van der Waals surface area (Å²) in [6.45, 7) is 12.7. The van der Waals surface area contributed by atoms with Gasteiger partial charge in [-0.25, -0.2) is 36.1 Å². The van der Waals surface area contributed by atoms with Crippen LogP contribution in [0.4, 0.5) is 37.5 Å². The first-order valence-corrected chi connectivity index (χ1v) is 20.4. The lowest BCUT2D eigenvalue weighted by Gasteiger charge is -2.45. The Balaban J connectivity index is 1.71. The van der Waals surface area contributed by atoms with Gasteiger partial charge in [0.05, 0.1) is 9.30 Å². The van der Waals surface area contributed by atoms with E-state index in [0.29, 0.717) is 23.0 Å². The van der Waals surface area contributed by atoms with Crippen LogP contribution in [0.3, 0.4) is 0 Å². The number of rotatable bonds is 13. The normalized spacial score (nSPS) is 14.5. The third kappa shape index (κ3) is 9.82. The summed E-state index contributed by atoms with van der Waals surface area (Å²) in [7, 11) is -2.84. The van der Waals surface area contributed by atoms with E-state index in [0.717, 1.165) is 47.8 Å². The molecule has 0 spiro atoms.